The first kappa shape index (κ1) is 12.6. The fraction of sp³-hybridized carbons (Fsp3) is 0.444. The first-order valence-electron chi connectivity index (χ1n) is 4.39. The molecule has 84 valence electrons. The maximum atomic E-state index is 11.5. The maximum absolute atomic E-state index is 11.5. The van der Waals surface area contributed by atoms with Crippen molar-refractivity contribution in [3.05, 3.63) is 20.8 Å². The molecule has 0 bridgehead atoms. The van der Waals surface area contributed by atoms with Gasteiger partial charge in [-0.1, -0.05) is 0 Å². The maximum Gasteiger partial charge on any atom is 0.241 e. The van der Waals surface area contributed by atoms with E-state index >= 15 is 0 Å². The molecule has 0 aliphatic heterocycles. The zero-order valence-corrected chi connectivity index (χ0v) is 10.7. The summed E-state index contributed by atoms with van der Waals surface area (Å²) in [5.41, 5.74) is 5.43. The Morgan fingerprint density at radius 1 is 1.80 bits per heavy atom. The number of aliphatic hydroxyl groups excluding tert-OH is 1. The molecule has 1 rings (SSSR count). The number of rotatable bonds is 4. The quantitative estimate of drug-likeness (QED) is 0.862. The molecule has 6 heteroatoms. The van der Waals surface area contributed by atoms with Crippen LogP contribution in [0.25, 0.3) is 0 Å². The average Bonchev–Trinajstić information content (AvgIpc) is 2.61. The van der Waals surface area contributed by atoms with Crippen LogP contribution in [0, 0.1) is 0 Å². The van der Waals surface area contributed by atoms with Crippen LogP contribution in [0.5, 0.6) is 0 Å². The second kappa shape index (κ2) is 5.60. The standard InChI is InChI=1S/C9H13BrN2O2S/c1-12(9(14)8(11)4-13)3-7-2-6(10)5-15-7/h2,5,8,13H,3-4,11H2,1H3. The number of hydrogen-bond acceptors (Lipinski definition) is 4. The molecule has 0 aliphatic rings. The van der Waals surface area contributed by atoms with Gasteiger partial charge in [-0.25, -0.2) is 0 Å². The lowest BCUT2D eigenvalue weighted by Crippen LogP contribution is -2.43. The highest BCUT2D eigenvalue weighted by Gasteiger charge is 2.17. The minimum absolute atomic E-state index is 0.248. The number of aliphatic hydroxyl groups is 1. The van der Waals surface area contributed by atoms with E-state index in [1.165, 1.54) is 4.90 Å². The first-order valence-corrected chi connectivity index (χ1v) is 6.06. The summed E-state index contributed by atoms with van der Waals surface area (Å²) in [5.74, 6) is -0.248. The van der Waals surface area contributed by atoms with Gasteiger partial charge in [0.2, 0.25) is 5.91 Å². The smallest absolute Gasteiger partial charge is 0.241 e. The summed E-state index contributed by atoms with van der Waals surface area (Å²) in [6.07, 6.45) is 0. The van der Waals surface area contributed by atoms with Crippen molar-refractivity contribution in [1.29, 1.82) is 0 Å². The molecule has 0 fully saturated rings. The summed E-state index contributed by atoms with van der Waals surface area (Å²) < 4.78 is 1.01. The molecule has 3 N–H and O–H groups in total. The van der Waals surface area contributed by atoms with Gasteiger partial charge in [0.1, 0.15) is 6.04 Å². The SMILES string of the molecule is CN(Cc1cc(Br)cs1)C(=O)C(N)CO. The Kier molecular flexibility index (Phi) is 4.72. The average molecular weight is 293 g/mol. The Bertz CT molecular complexity index is 343. The molecule has 1 heterocycles. The third-order valence-corrected chi connectivity index (χ3v) is 3.59. The molecule has 1 unspecified atom stereocenters. The Morgan fingerprint density at radius 3 is 2.93 bits per heavy atom. The summed E-state index contributed by atoms with van der Waals surface area (Å²) in [4.78, 5) is 14.1. The second-order valence-corrected chi connectivity index (χ2v) is 5.13. The predicted molar refractivity (Wildman–Crippen MR) is 63.6 cm³/mol. The molecule has 0 saturated heterocycles. The van der Waals surface area contributed by atoms with E-state index in [1.54, 1.807) is 18.4 Å². The summed E-state index contributed by atoms with van der Waals surface area (Å²) in [5, 5.41) is 10.7. The minimum Gasteiger partial charge on any atom is -0.394 e. The normalized spacial score (nSPS) is 12.5. The molecule has 15 heavy (non-hydrogen) atoms. The van der Waals surface area contributed by atoms with Gasteiger partial charge in [-0.05, 0) is 22.0 Å². The fourth-order valence-corrected chi connectivity index (χ4v) is 2.61. The second-order valence-electron chi connectivity index (χ2n) is 3.21. The van der Waals surface area contributed by atoms with E-state index in [-0.39, 0.29) is 12.5 Å². The summed E-state index contributed by atoms with van der Waals surface area (Å²) in [7, 11) is 1.67. The largest absolute Gasteiger partial charge is 0.394 e. The lowest BCUT2D eigenvalue weighted by atomic mass is 10.3. The van der Waals surface area contributed by atoms with E-state index in [1.807, 2.05) is 11.4 Å². The van der Waals surface area contributed by atoms with Gasteiger partial charge < -0.3 is 15.7 Å². The van der Waals surface area contributed by atoms with Crippen LogP contribution >= 0.6 is 27.3 Å². The minimum atomic E-state index is -0.821. The number of nitrogens with two attached hydrogens (primary N) is 1. The van der Waals surface area contributed by atoms with Crippen LogP contribution in [0.15, 0.2) is 15.9 Å². The number of carbonyl (C=O) groups is 1. The lowest BCUT2D eigenvalue weighted by molar-refractivity contribution is -0.132. The number of nitrogens with zero attached hydrogens (tertiary/aromatic N) is 1. The number of hydrogen-bond donors (Lipinski definition) is 2. The van der Waals surface area contributed by atoms with Gasteiger partial charge in [0.05, 0.1) is 13.2 Å². The van der Waals surface area contributed by atoms with Crippen LogP contribution in [0.4, 0.5) is 0 Å². The number of carbonyl (C=O) groups excluding carboxylic acids is 1. The topological polar surface area (TPSA) is 66.6 Å². The van der Waals surface area contributed by atoms with Crippen LogP contribution < -0.4 is 5.73 Å². The third kappa shape index (κ3) is 3.57. The molecule has 1 aromatic heterocycles. The van der Waals surface area contributed by atoms with Crippen LogP contribution in [0.3, 0.4) is 0 Å². The van der Waals surface area contributed by atoms with Crippen molar-refractivity contribution in [2.45, 2.75) is 12.6 Å². The third-order valence-electron chi connectivity index (χ3n) is 1.90. The number of amides is 1. The van der Waals surface area contributed by atoms with Crippen molar-refractivity contribution in [2.24, 2.45) is 5.73 Å². The molecule has 0 radical (unpaired) electrons. The van der Waals surface area contributed by atoms with Gasteiger partial charge in [-0.3, -0.25) is 4.79 Å². The van der Waals surface area contributed by atoms with Gasteiger partial charge in [-0.2, -0.15) is 0 Å². The first-order chi connectivity index (χ1) is 7.04. The summed E-state index contributed by atoms with van der Waals surface area (Å²) in [6.45, 7) is 0.195. The van der Waals surface area contributed by atoms with E-state index in [0.29, 0.717) is 6.54 Å². The highest BCUT2D eigenvalue weighted by atomic mass is 79.9. The van der Waals surface area contributed by atoms with Gasteiger partial charge >= 0.3 is 0 Å². The van der Waals surface area contributed by atoms with E-state index < -0.39 is 6.04 Å². The Balaban J connectivity index is 2.55. The number of thiophene rings is 1. The number of likely N-dealkylation sites (N-methyl/N-ethyl adjacent to an activating group) is 1. The molecule has 1 atom stereocenters. The van der Waals surface area contributed by atoms with Crippen LogP contribution in [0.1, 0.15) is 4.88 Å². The Labute approximate surface area is 101 Å². The lowest BCUT2D eigenvalue weighted by Gasteiger charge is -2.19. The van der Waals surface area contributed by atoms with E-state index in [9.17, 15) is 4.79 Å². The van der Waals surface area contributed by atoms with Gasteiger partial charge in [0, 0.05) is 21.8 Å². The molecule has 0 saturated carbocycles. The zero-order valence-electron chi connectivity index (χ0n) is 8.31. The molecule has 1 aromatic rings. The molecular weight excluding hydrogens is 280 g/mol. The summed E-state index contributed by atoms with van der Waals surface area (Å²) in [6, 6.07) is 1.14. The van der Waals surface area contributed by atoms with Crippen molar-refractivity contribution in [1.82, 2.24) is 4.90 Å². The van der Waals surface area contributed by atoms with Gasteiger partial charge in [-0.15, -0.1) is 11.3 Å². The van der Waals surface area contributed by atoms with Crippen molar-refractivity contribution < 1.29 is 9.90 Å². The molecule has 0 spiro atoms. The predicted octanol–water partition coefficient (Wildman–Crippen LogP) is 0.789. The molecule has 0 aromatic carbocycles. The van der Waals surface area contributed by atoms with Gasteiger partial charge in [0.15, 0.2) is 0 Å². The summed E-state index contributed by atoms with van der Waals surface area (Å²) >= 11 is 4.91. The highest BCUT2D eigenvalue weighted by molar-refractivity contribution is 9.10. The molecular formula is C9H13BrN2O2S. The van der Waals surface area contributed by atoms with Crippen LogP contribution in [0.2, 0.25) is 0 Å². The van der Waals surface area contributed by atoms with Gasteiger partial charge in [0.25, 0.3) is 0 Å². The molecule has 0 aliphatic carbocycles. The zero-order chi connectivity index (χ0) is 11.4. The fourth-order valence-electron chi connectivity index (χ4n) is 1.11. The van der Waals surface area contributed by atoms with E-state index in [4.69, 9.17) is 10.8 Å². The van der Waals surface area contributed by atoms with Crippen molar-refractivity contribution in [2.75, 3.05) is 13.7 Å². The number of halogens is 1. The Morgan fingerprint density at radius 2 is 2.47 bits per heavy atom. The van der Waals surface area contributed by atoms with Crippen LogP contribution in [-0.2, 0) is 11.3 Å². The highest BCUT2D eigenvalue weighted by Crippen LogP contribution is 2.20. The van der Waals surface area contributed by atoms with E-state index in [0.717, 1.165) is 9.35 Å². The van der Waals surface area contributed by atoms with Crippen LogP contribution in [-0.4, -0.2) is 35.6 Å². The molecule has 1 amide bonds. The van der Waals surface area contributed by atoms with Crippen molar-refractivity contribution in [3.8, 4) is 0 Å². The molecule has 4 nitrogen and oxygen atoms in total. The van der Waals surface area contributed by atoms with E-state index in [2.05, 4.69) is 15.9 Å². The Hall–Kier alpha value is -0.430. The monoisotopic (exact) mass is 292 g/mol. The van der Waals surface area contributed by atoms with Crippen molar-refractivity contribution in [3.63, 3.8) is 0 Å². The van der Waals surface area contributed by atoms with Crippen molar-refractivity contribution >= 4 is 33.2 Å².